The number of methoxy groups -OCH3 is 1. The van der Waals surface area contributed by atoms with Crippen LogP contribution in [0.15, 0.2) is 12.1 Å². The summed E-state index contributed by atoms with van der Waals surface area (Å²) in [6, 6.07) is 3.26. The molecule has 1 rings (SSSR count). The number of carbonyl (C=O) groups is 1. The third-order valence-electron chi connectivity index (χ3n) is 2.94. The Labute approximate surface area is 107 Å². The van der Waals surface area contributed by atoms with Crippen molar-refractivity contribution in [2.45, 2.75) is 39.8 Å². The molecule has 4 heteroatoms. The zero-order chi connectivity index (χ0) is 13.7. The number of aryl methyl sites for hydroxylation is 2. The lowest BCUT2D eigenvalue weighted by atomic mass is 10.1. The molecule has 0 spiro atoms. The van der Waals surface area contributed by atoms with E-state index < -0.39 is 0 Å². The lowest BCUT2D eigenvalue weighted by Crippen LogP contribution is -2.36. The van der Waals surface area contributed by atoms with Crippen LogP contribution in [0, 0.1) is 19.7 Å². The van der Waals surface area contributed by atoms with Gasteiger partial charge in [0.1, 0.15) is 11.9 Å². The molecule has 0 saturated carbocycles. The second-order valence-corrected chi connectivity index (χ2v) is 4.41. The summed E-state index contributed by atoms with van der Waals surface area (Å²) in [5.41, 5.74) is 2.21. The average molecular weight is 253 g/mol. The summed E-state index contributed by atoms with van der Waals surface area (Å²) in [7, 11) is 1.37. The van der Waals surface area contributed by atoms with Crippen LogP contribution in [0.3, 0.4) is 0 Å². The summed E-state index contributed by atoms with van der Waals surface area (Å²) < 4.78 is 18.2. The first-order valence-electron chi connectivity index (χ1n) is 6.06. The summed E-state index contributed by atoms with van der Waals surface area (Å²) in [4.78, 5) is 11.4. The highest BCUT2D eigenvalue weighted by molar-refractivity contribution is 5.75. The maximum absolute atomic E-state index is 13.5. The molecule has 100 valence electrons. The Balaban J connectivity index is 2.71. The van der Waals surface area contributed by atoms with Gasteiger partial charge >= 0.3 is 5.97 Å². The molecule has 0 heterocycles. The van der Waals surface area contributed by atoms with Crippen LogP contribution >= 0.6 is 0 Å². The molecular weight excluding hydrogens is 233 g/mol. The molecule has 1 N–H and O–H groups in total. The van der Waals surface area contributed by atoms with Crippen LogP contribution < -0.4 is 5.32 Å². The molecule has 18 heavy (non-hydrogen) atoms. The molecule has 0 aliphatic rings. The van der Waals surface area contributed by atoms with Gasteiger partial charge < -0.3 is 10.1 Å². The Morgan fingerprint density at radius 2 is 1.94 bits per heavy atom. The third-order valence-corrected chi connectivity index (χ3v) is 2.94. The van der Waals surface area contributed by atoms with Gasteiger partial charge in [0.25, 0.3) is 0 Å². The zero-order valence-corrected chi connectivity index (χ0v) is 11.3. The molecule has 1 aromatic carbocycles. The van der Waals surface area contributed by atoms with Crippen LogP contribution in [0.2, 0.25) is 0 Å². The summed E-state index contributed by atoms with van der Waals surface area (Å²) in [5, 5.41) is 3.11. The SMILES string of the molecule is CCC(NCc1cc(C)c(F)c(C)c1)C(=O)OC. The Kier molecular flexibility index (Phi) is 5.28. The van der Waals surface area contributed by atoms with Crippen molar-refractivity contribution in [3.8, 4) is 0 Å². The first-order valence-corrected chi connectivity index (χ1v) is 6.06. The number of halogens is 1. The fraction of sp³-hybridized carbons (Fsp3) is 0.500. The van der Waals surface area contributed by atoms with Crippen molar-refractivity contribution >= 4 is 5.97 Å². The van der Waals surface area contributed by atoms with E-state index in [1.54, 1.807) is 26.0 Å². The van der Waals surface area contributed by atoms with E-state index in [9.17, 15) is 9.18 Å². The molecule has 1 atom stereocenters. The van der Waals surface area contributed by atoms with Crippen LogP contribution in [0.25, 0.3) is 0 Å². The number of hydrogen-bond acceptors (Lipinski definition) is 3. The Morgan fingerprint density at radius 1 is 1.39 bits per heavy atom. The van der Waals surface area contributed by atoms with Crippen LogP contribution in [-0.2, 0) is 16.1 Å². The normalized spacial score (nSPS) is 12.3. The van der Waals surface area contributed by atoms with E-state index in [0.717, 1.165) is 5.56 Å². The van der Waals surface area contributed by atoms with Crippen LogP contribution in [0.5, 0.6) is 0 Å². The largest absolute Gasteiger partial charge is 0.468 e. The van der Waals surface area contributed by atoms with Crippen LogP contribution in [-0.4, -0.2) is 19.1 Å². The van der Waals surface area contributed by atoms with E-state index in [1.165, 1.54) is 7.11 Å². The molecular formula is C14H20FNO2. The molecule has 0 aliphatic heterocycles. The van der Waals surface area contributed by atoms with Gasteiger partial charge in [0.05, 0.1) is 7.11 Å². The number of esters is 1. The standard InChI is InChI=1S/C14H20FNO2/c1-5-12(14(17)18-4)16-8-11-6-9(2)13(15)10(3)7-11/h6-7,12,16H,5,8H2,1-4H3. The highest BCUT2D eigenvalue weighted by Gasteiger charge is 2.16. The summed E-state index contributed by atoms with van der Waals surface area (Å²) >= 11 is 0. The molecule has 1 aromatic rings. The van der Waals surface area contributed by atoms with Gasteiger partial charge in [0.15, 0.2) is 0 Å². The lowest BCUT2D eigenvalue weighted by molar-refractivity contribution is -0.143. The molecule has 0 aliphatic carbocycles. The van der Waals surface area contributed by atoms with E-state index in [1.807, 2.05) is 6.92 Å². The van der Waals surface area contributed by atoms with Crippen LogP contribution in [0.4, 0.5) is 4.39 Å². The first kappa shape index (κ1) is 14.6. The maximum atomic E-state index is 13.5. The van der Waals surface area contributed by atoms with Crippen molar-refractivity contribution in [1.82, 2.24) is 5.32 Å². The number of rotatable bonds is 5. The number of ether oxygens (including phenoxy) is 1. The number of benzene rings is 1. The molecule has 1 unspecified atom stereocenters. The van der Waals surface area contributed by atoms with E-state index in [0.29, 0.717) is 24.1 Å². The predicted molar refractivity (Wildman–Crippen MR) is 68.8 cm³/mol. The minimum absolute atomic E-state index is 0.168. The zero-order valence-electron chi connectivity index (χ0n) is 11.3. The van der Waals surface area contributed by atoms with Gasteiger partial charge in [0.2, 0.25) is 0 Å². The van der Waals surface area contributed by atoms with Gasteiger partial charge in [-0.2, -0.15) is 0 Å². The second kappa shape index (κ2) is 6.50. The van der Waals surface area contributed by atoms with Gasteiger partial charge in [-0.25, -0.2) is 4.39 Å². The van der Waals surface area contributed by atoms with Gasteiger partial charge in [-0.3, -0.25) is 4.79 Å². The van der Waals surface area contributed by atoms with Gasteiger partial charge in [-0.1, -0.05) is 19.1 Å². The smallest absolute Gasteiger partial charge is 0.322 e. The fourth-order valence-corrected chi connectivity index (χ4v) is 1.92. The van der Waals surface area contributed by atoms with Gasteiger partial charge in [-0.15, -0.1) is 0 Å². The van der Waals surface area contributed by atoms with E-state index in [2.05, 4.69) is 5.32 Å². The lowest BCUT2D eigenvalue weighted by Gasteiger charge is -2.15. The molecule has 0 amide bonds. The van der Waals surface area contributed by atoms with Crippen LogP contribution in [0.1, 0.15) is 30.0 Å². The van der Waals surface area contributed by atoms with Crippen molar-refractivity contribution in [2.75, 3.05) is 7.11 Å². The minimum Gasteiger partial charge on any atom is -0.468 e. The molecule has 0 fully saturated rings. The van der Waals surface area contributed by atoms with E-state index in [-0.39, 0.29) is 17.8 Å². The fourth-order valence-electron chi connectivity index (χ4n) is 1.92. The highest BCUT2D eigenvalue weighted by atomic mass is 19.1. The number of nitrogens with one attached hydrogen (secondary N) is 1. The predicted octanol–water partition coefficient (Wildman–Crippen LogP) is 2.48. The quantitative estimate of drug-likeness (QED) is 0.819. The molecule has 0 saturated heterocycles. The topological polar surface area (TPSA) is 38.3 Å². The van der Waals surface area contributed by atoms with E-state index in [4.69, 9.17) is 4.74 Å². The number of hydrogen-bond donors (Lipinski definition) is 1. The molecule has 3 nitrogen and oxygen atoms in total. The Hall–Kier alpha value is -1.42. The summed E-state index contributed by atoms with van der Waals surface area (Å²) in [6.45, 7) is 5.91. The highest BCUT2D eigenvalue weighted by Crippen LogP contribution is 2.14. The molecule has 0 bridgehead atoms. The average Bonchev–Trinajstić information content (AvgIpc) is 2.36. The second-order valence-electron chi connectivity index (χ2n) is 4.41. The maximum Gasteiger partial charge on any atom is 0.322 e. The van der Waals surface area contributed by atoms with Gasteiger partial charge in [-0.05, 0) is 37.0 Å². The van der Waals surface area contributed by atoms with Crippen molar-refractivity contribution in [2.24, 2.45) is 0 Å². The summed E-state index contributed by atoms with van der Waals surface area (Å²) in [6.07, 6.45) is 0.659. The minimum atomic E-state index is -0.319. The van der Waals surface area contributed by atoms with Crippen molar-refractivity contribution in [1.29, 1.82) is 0 Å². The van der Waals surface area contributed by atoms with Crippen molar-refractivity contribution in [3.05, 3.63) is 34.6 Å². The van der Waals surface area contributed by atoms with Crippen molar-refractivity contribution in [3.63, 3.8) is 0 Å². The van der Waals surface area contributed by atoms with E-state index >= 15 is 0 Å². The first-order chi connectivity index (χ1) is 8.49. The number of carbonyl (C=O) groups excluding carboxylic acids is 1. The van der Waals surface area contributed by atoms with Gasteiger partial charge in [0, 0.05) is 6.54 Å². The Morgan fingerprint density at radius 3 is 2.39 bits per heavy atom. The van der Waals surface area contributed by atoms with Crippen molar-refractivity contribution < 1.29 is 13.9 Å². The molecule has 0 radical (unpaired) electrons. The summed E-state index contributed by atoms with van der Waals surface area (Å²) in [5.74, 6) is -0.438. The monoisotopic (exact) mass is 253 g/mol. The Bertz CT molecular complexity index is 409. The third kappa shape index (κ3) is 3.53. The molecule has 0 aromatic heterocycles.